The third-order valence-corrected chi connectivity index (χ3v) is 5.38. The van der Waals surface area contributed by atoms with Crippen LogP contribution in [0.25, 0.3) is 0 Å². The fourth-order valence-corrected chi connectivity index (χ4v) is 4.07. The van der Waals surface area contributed by atoms with Crippen LogP contribution in [0.1, 0.15) is 44.9 Å². The molecule has 0 spiro atoms. The van der Waals surface area contributed by atoms with Gasteiger partial charge in [-0.2, -0.15) is 0 Å². The van der Waals surface area contributed by atoms with Gasteiger partial charge in [0, 0.05) is 45.3 Å². The molecule has 0 unspecified atom stereocenters. The van der Waals surface area contributed by atoms with Crippen LogP contribution in [0.3, 0.4) is 0 Å². The molecule has 0 bridgehead atoms. The lowest BCUT2D eigenvalue weighted by Gasteiger charge is -2.33. The minimum absolute atomic E-state index is 0.0685. The molecule has 126 valence electrons. The highest BCUT2D eigenvalue weighted by atomic mass is 16.5. The normalized spacial score (nSPS) is 29.3. The van der Waals surface area contributed by atoms with Gasteiger partial charge in [-0.05, 0) is 19.3 Å². The SMILES string of the molecule is O=C(C[C@@H]1CNCCO1)N1CCCN(C2CCCCC2)CC1. The molecule has 3 aliphatic rings. The first-order valence-electron chi connectivity index (χ1n) is 9.17. The van der Waals surface area contributed by atoms with Crippen molar-refractivity contribution in [2.75, 3.05) is 45.9 Å². The number of rotatable bonds is 3. The number of carbonyl (C=O) groups is 1. The summed E-state index contributed by atoms with van der Waals surface area (Å²) in [6, 6.07) is 0.773. The van der Waals surface area contributed by atoms with Gasteiger partial charge < -0.3 is 15.0 Å². The summed E-state index contributed by atoms with van der Waals surface area (Å²) in [4.78, 5) is 17.2. The van der Waals surface area contributed by atoms with Crippen molar-refractivity contribution in [1.82, 2.24) is 15.1 Å². The molecule has 3 fully saturated rings. The molecule has 5 nitrogen and oxygen atoms in total. The number of hydrogen-bond acceptors (Lipinski definition) is 4. The summed E-state index contributed by atoms with van der Waals surface area (Å²) in [6.45, 7) is 6.49. The lowest BCUT2D eigenvalue weighted by molar-refractivity contribution is -0.134. The first-order chi connectivity index (χ1) is 10.8. The molecule has 1 saturated carbocycles. The molecule has 5 heteroatoms. The molecule has 2 heterocycles. The van der Waals surface area contributed by atoms with E-state index in [0.717, 1.165) is 58.3 Å². The molecule has 1 amide bonds. The van der Waals surface area contributed by atoms with Gasteiger partial charge in [-0.1, -0.05) is 19.3 Å². The highest BCUT2D eigenvalue weighted by Crippen LogP contribution is 2.23. The van der Waals surface area contributed by atoms with E-state index in [1.165, 1.54) is 32.1 Å². The second-order valence-corrected chi connectivity index (χ2v) is 6.96. The third kappa shape index (κ3) is 4.43. The summed E-state index contributed by atoms with van der Waals surface area (Å²) in [7, 11) is 0. The first-order valence-corrected chi connectivity index (χ1v) is 9.17. The van der Waals surface area contributed by atoms with E-state index >= 15 is 0 Å². The number of hydrogen-bond donors (Lipinski definition) is 1. The molecule has 22 heavy (non-hydrogen) atoms. The van der Waals surface area contributed by atoms with Crippen molar-refractivity contribution in [2.45, 2.75) is 57.1 Å². The Bertz CT molecular complexity index is 352. The van der Waals surface area contributed by atoms with Crippen molar-refractivity contribution >= 4 is 5.91 Å². The summed E-state index contributed by atoms with van der Waals surface area (Å²) in [5, 5.41) is 3.30. The lowest BCUT2D eigenvalue weighted by Crippen LogP contribution is -2.44. The van der Waals surface area contributed by atoms with Gasteiger partial charge in [0.15, 0.2) is 0 Å². The van der Waals surface area contributed by atoms with Crippen LogP contribution in [0.4, 0.5) is 0 Å². The van der Waals surface area contributed by atoms with Gasteiger partial charge in [0.1, 0.15) is 0 Å². The highest BCUT2D eigenvalue weighted by molar-refractivity contribution is 5.76. The Hall–Kier alpha value is -0.650. The Balaban J connectivity index is 1.45. The number of morpholine rings is 1. The maximum absolute atomic E-state index is 12.5. The van der Waals surface area contributed by atoms with Crippen LogP contribution in [0.2, 0.25) is 0 Å². The van der Waals surface area contributed by atoms with Crippen LogP contribution in [-0.2, 0) is 9.53 Å². The van der Waals surface area contributed by atoms with Gasteiger partial charge in [0.05, 0.1) is 19.1 Å². The van der Waals surface area contributed by atoms with Crippen LogP contribution in [0, 0.1) is 0 Å². The molecule has 0 aromatic rings. The van der Waals surface area contributed by atoms with E-state index in [-0.39, 0.29) is 12.0 Å². The number of nitrogens with one attached hydrogen (secondary N) is 1. The Morgan fingerprint density at radius 3 is 2.68 bits per heavy atom. The van der Waals surface area contributed by atoms with E-state index in [1.807, 2.05) is 0 Å². The van der Waals surface area contributed by atoms with Crippen molar-refractivity contribution in [1.29, 1.82) is 0 Å². The summed E-state index contributed by atoms with van der Waals surface area (Å²) < 4.78 is 5.67. The minimum Gasteiger partial charge on any atom is -0.375 e. The summed E-state index contributed by atoms with van der Waals surface area (Å²) in [5.41, 5.74) is 0. The molecule has 0 radical (unpaired) electrons. The minimum atomic E-state index is 0.0685. The largest absolute Gasteiger partial charge is 0.375 e. The maximum atomic E-state index is 12.5. The second kappa shape index (κ2) is 8.27. The zero-order chi connectivity index (χ0) is 15.2. The van der Waals surface area contributed by atoms with Crippen molar-refractivity contribution in [2.24, 2.45) is 0 Å². The van der Waals surface area contributed by atoms with Crippen molar-refractivity contribution in [3.05, 3.63) is 0 Å². The lowest BCUT2D eigenvalue weighted by atomic mass is 9.94. The van der Waals surface area contributed by atoms with Gasteiger partial charge in [-0.3, -0.25) is 9.69 Å². The molecule has 2 saturated heterocycles. The highest BCUT2D eigenvalue weighted by Gasteiger charge is 2.26. The number of nitrogens with zero attached hydrogens (tertiary/aromatic N) is 2. The summed E-state index contributed by atoms with van der Waals surface area (Å²) in [5.74, 6) is 0.277. The fourth-order valence-electron chi connectivity index (χ4n) is 4.07. The smallest absolute Gasteiger partial charge is 0.225 e. The maximum Gasteiger partial charge on any atom is 0.225 e. The van der Waals surface area contributed by atoms with Crippen molar-refractivity contribution < 1.29 is 9.53 Å². The Labute approximate surface area is 134 Å². The van der Waals surface area contributed by atoms with Crippen molar-refractivity contribution in [3.63, 3.8) is 0 Å². The number of ether oxygens (including phenoxy) is 1. The van der Waals surface area contributed by atoms with Crippen LogP contribution >= 0.6 is 0 Å². The predicted molar refractivity (Wildman–Crippen MR) is 86.9 cm³/mol. The monoisotopic (exact) mass is 309 g/mol. The Kier molecular flexibility index (Phi) is 6.10. The molecular formula is C17H31N3O2. The van der Waals surface area contributed by atoms with Crippen LogP contribution in [0.5, 0.6) is 0 Å². The molecule has 2 aliphatic heterocycles. The summed E-state index contributed by atoms with van der Waals surface area (Å²) >= 11 is 0. The Morgan fingerprint density at radius 1 is 1.05 bits per heavy atom. The third-order valence-electron chi connectivity index (χ3n) is 5.38. The molecule has 3 rings (SSSR count). The molecule has 1 aliphatic carbocycles. The summed E-state index contributed by atoms with van der Waals surface area (Å²) in [6.07, 6.45) is 8.61. The number of amides is 1. The molecule has 0 aromatic carbocycles. The Morgan fingerprint density at radius 2 is 1.91 bits per heavy atom. The van der Waals surface area contributed by atoms with Crippen LogP contribution in [0.15, 0.2) is 0 Å². The molecule has 1 N–H and O–H groups in total. The van der Waals surface area contributed by atoms with Crippen LogP contribution in [-0.4, -0.2) is 73.7 Å². The zero-order valence-corrected chi connectivity index (χ0v) is 13.8. The second-order valence-electron chi connectivity index (χ2n) is 6.96. The molecule has 0 aromatic heterocycles. The van der Waals surface area contributed by atoms with E-state index in [1.54, 1.807) is 0 Å². The topological polar surface area (TPSA) is 44.8 Å². The average molecular weight is 309 g/mol. The standard InChI is InChI=1S/C17H31N3O2/c21-17(13-16-14-18-7-12-22-16)20-9-4-8-19(10-11-20)15-5-2-1-3-6-15/h15-16,18H,1-14H2/t16-/m1/s1. The van der Waals surface area contributed by atoms with Gasteiger partial charge >= 0.3 is 0 Å². The van der Waals surface area contributed by atoms with Gasteiger partial charge in [0.2, 0.25) is 5.91 Å². The fraction of sp³-hybridized carbons (Fsp3) is 0.941. The van der Waals surface area contributed by atoms with E-state index in [0.29, 0.717) is 6.42 Å². The van der Waals surface area contributed by atoms with E-state index in [9.17, 15) is 4.79 Å². The zero-order valence-electron chi connectivity index (χ0n) is 13.8. The van der Waals surface area contributed by atoms with Gasteiger partial charge in [0.25, 0.3) is 0 Å². The van der Waals surface area contributed by atoms with Gasteiger partial charge in [-0.25, -0.2) is 0 Å². The van der Waals surface area contributed by atoms with Gasteiger partial charge in [-0.15, -0.1) is 0 Å². The van der Waals surface area contributed by atoms with Crippen LogP contribution < -0.4 is 5.32 Å². The average Bonchev–Trinajstić information content (AvgIpc) is 2.83. The number of carbonyl (C=O) groups excluding carboxylic acids is 1. The molecule has 1 atom stereocenters. The van der Waals surface area contributed by atoms with Crippen molar-refractivity contribution in [3.8, 4) is 0 Å². The first kappa shape index (κ1) is 16.2. The van der Waals surface area contributed by atoms with E-state index in [2.05, 4.69) is 15.1 Å². The van der Waals surface area contributed by atoms with E-state index < -0.39 is 0 Å². The quantitative estimate of drug-likeness (QED) is 0.852. The van der Waals surface area contributed by atoms with E-state index in [4.69, 9.17) is 4.74 Å². The predicted octanol–water partition coefficient (Wildman–Crippen LogP) is 1.23. The molecular weight excluding hydrogens is 278 g/mol.